The standard InChI is InChI=1S/C19H17F2N5O2/c20-12-1-3-15(21)11(7-12)9-25-5-6-26(19(25)27)17-4-2-13-14-8-22-24-16(14)10-28-18(13)23-17/h1-4,7-8,17,23H,5-6,9-10H2,(H,22,24). The van der Waals surface area contributed by atoms with Crippen molar-refractivity contribution in [3.05, 3.63) is 70.9 Å². The highest BCUT2D eigenvalue weighted by molar-refractivity contribution is 5.80. The van der Waals surface area contributed by atoms with Gasteiger partial charge < -0.3 is 15.0 Å². The predicted molar refractivity (Wildman–Crippen MR) is 95.2 cm³/mol. The molecule has 7 nitrogen and oxygen atoms in total. The van der Waals surface area contributed by atoms with Crippen molar-refractivity contribution in [3.63, 3.8) is 0 Å². The minimum atomic E-state index is -0.524. The van der Waals surface area contributed by atoms with Gasteiger partial charge >= 0.3 is 6.03 Å². The van der Waals surface area contributed by atoms with Crippen molar-refractivity contribution in [2.45, 2.75) is 19.3 Å². The third-order valence-corrected chi connectivity index (χ3v) is 5.17. The monoisotopic (exact) mass is 385 g/mol. The number of nitrogens with one attached hydrogen (secondary N) is 2. The van der Waals surface area contributed by atoms with Crippen LogP contribution < -0.4 is 5.32 Å². The zero-order valence-corrected chi connectivity index (χ0v) is 14.8. The number of aromatic amines is 1. The molecule has 0 saturated carbocycles. The molecular weight excluding hydrogens is 368 g/mol. The van der Waals surface area contributed by atoms with Crippen LogP contribution in [0.25, 0.3) is 5.57 Å². The highest BCUT2D eigenvalue weighted by Crippen LogP contribution is 2.31. The number of rotatable bonds is 3. The van der Waals surface area contributed by atoms with Crippen LogP contribution in [-0.2, 0) is 17.9 Å². The van der Waals surface area contributed by atoms with Crippen molar-refractivity contribution >= 4 is 11.6 Å². The van der Waals surface area contributed by atoms with Crippen LogP contribution in [0.15, 0.2) is 42.4 Å². The van der Waals surface area contributed by atoms with E-state index < -0.39 is 11.6 Å². The molecule has 0 bridgehead atoms. The summed E-state index contributed by atoms with van der Waals surface area (Å²) in [6.45, 7) is 1.30. The van der Waals surface area contributed by atoms with Gasteiger partial charge in [-0.15, -0.1) is 0 Å². The number of amides is 2. The van der Waals surface area contributed by atoms with Crippen LogP contribution in [0.4, 0.5) is 13.6 Å². The lowest BCUT2D eigenvalue weighted by Crippen LogP contribution is -2.48. The first kappa shape index (κ1) is 16.8. The number of allylic oxidation sites excluding steroid dienone is 2. The van der Waals surface area contributed by atoms with Crippen LogP contribution in [0.5, 0.6) is 0 Å². The molecule has 1 fully saturated rings. The van der Waals surface area contributed by atoms with E-state index in [1.807, 2.05) is 12.2 Å². The molecule has 0 aliphatic carbocycles. The molecule has 3 aliphatic rings. The van der Waals surface area contributed by atoms with Gasteiger partial charge in [0.15, 0.2) is 5.88 Å². The summed E-state index contributed by atoms with van der Waals surface area (Å²) in [5.74, 6) is -0.446. The topological polar surface area (TPSA) is 73.5 Å². The lowest BCUT2D eigenvalue weighted by atomic mass is 10.0. The number of hydrogen-bond donors (Lipinski definition) is 2. The number of aromatic nitrogens is 2. The Morgan fingerprint density at radius 3 is 3.07 bits per heavy atom. The van der Waals surface area contributed by atoms with Crippen LogP contribution in [-0.4, -0.2) is 45.3 Å². The minimum absolute atomic E-state index is 0.0260. The summed E-state index contributed by atoms with van der Waals surface area (Å²) in [6, 6.07) is 3.02. The van der Waals surface area contributed by atoms with Gasteiger partial charge in [0.1, 0.15) is 24.4 Å². The molecule has 2 amide bonds. The van der Waals surface area contributed by atoms with Crippen molar-refractivity contribution in [2.24, 2.45) is 0 Å². The van der Waals surface area contributed by atoms with E-state index in [-0.39, 0.29) is 24.3 Å². The van der Waals surface area contributed by atoms with Crippen LogP contribution in [0.1, 0.15) is 16.8 Å². The molecule has 0 spiro atoms. The van der Waals surface area contributed by atoms with Crippen molar-refractivity contribution in [3.8, 4) is 0 Å². The summed E-state index contributed by atoms with van der Waals surface area (Å²) in [6.07, 6.45) is 5.17. The molecule has 2 N–H and O–H groups in total. The molecule has 28 heavy (non-hydrogen) atoms. The highest BCUT2D eigenvalue weighted by atomic mass is 19.1. The fraction of sp³-hybridized carbons (Fsp3) is 0.263. The molecule has 5 rings (SSSR count). The average Bonchev–Trinajstić information content (AvgIpc) is 3.31. The fourth-order valence-electron chi connectivity index (χ4n) is 3.71. The Labute approximate surface area is 159 Å². The molecule has 1 aromatic carbocycles. The largest absolute Gasteiger partial charge is 0.472 e. The Bertz CT molecular complexity index is 1020. The minimum Gasteiger partial charge on any atom is -0.472 e. The summed E-state index contributed by atoms with van der Waals surface area (Å²) in [5, 5.41) is 10.2. The first-order valence-electron chi connectivity index (χ1n) is 8.94. The maximum Gasteiger partial charge on any atom is 0.322 e. The average molecular weight is 385 g/mol. The Hall–Kier alpha value is -3.36. The van der Waals surface area contributed by atoms with E-state index >= 15 is 0 Å². The van der Waals surface area contributed by atoms with Crippen LogP contribution >= 0.6 is 0 Å². The number of urea groups is 1. The molecule has 9 heteroatoms. The number of hydrogen-bond acceptors (Lipinski definition) is 4. The summed E-state index contributed by atoms with van der Waals surface area (Å²) in [7, 11) is 0. The number of H-pyrrole nitrogens is 1. The normalized spacial score (nSPS) is 20.8. The molecule has 4 heterocycles. The molecule has 1 aromatic heterocycles. The number of fused-ring (bicyclic) bond motifs is 2. The third-order valence-electron chi connectivity index (χ3n) is 5.17. The van der Waals surface area contributed by atoms with Crippen LogP contribution in [0.2, 0.25) is 0 Å². The number of nitrogens with zero attached hydrogens (tertiary/aromatic N) is 3. The Balaban J connectivity index is 1.31. The first-order valence-corrected chi connectivity index (χ1v) is 8.94. The molecular formula is C19H17F2N5O2. The van der Waals surface area contributed by atoms with Gasteiger partial charge in [-0.05, 0) is 30.4 Å². The van der Waals surface area contributed by atoms with Gasteiger partial charge in [-0.3, -0.25) is 10.00 Å². The predicted octanol–water partition coefficient (Wildman–Crippen LogP) is 2.31. The summed E-state index contributed by atoms with van der Waals surface area (Å²) >= 11 is 0. The number of ether oxygens (including phenoxy) is 1. The van der Waals surface area contributed by atoms with Crippen LogP contribution in [0, 0.1) is 11.6 Å². The molecule has 2 aromatic rings. The van der Waals surface area contributed by atoms with Crippen molar-refractivity contribution in [1.82, 2.24) is 25.3 Å². The second kappa shape index (κ2) is 6.36. The van der Waals surface area contributed by atoms with E-state index in [4.69, 9.17) is 4.74 Å². The van der Waals surface area contributed by atoms with Crippen molar-refractivity contribution in [1.29, 1.82) is 0 Å². The van der Waals surface area contributed by atoms with Crippen LogP contribution in [0.3, 0.4) is 0 Å². The second-order valence-corrected chi connectivity index (χ2v) is 6.88. The van der Waals surface area contributed by atoms with Gasteiger partial charge in [0.25, 0.3) is 0 Å². The number of dihydropyridines is 1. The molecule has 0 radical (unpaired) electrons. The van der Waals surface area contributed by atoms with E-state index in [9.17, 15) is 13.6 Å². The van der Waals surface area contributed by atoms with E-state index in [2.05, 4.69) is 15.5 Å². The Morgan fingerprint density at radius 1 is 1.29 bits per heavy atom. The van der Waals surface area contributed by atoms with Gasteiger partial charge in [0, 0.05) is 29.8 Å². The van der Waals surface area contributed by atoms with Crippen molar-refractivity contribution < 1.29 is 18.3 Å². The molecule has 144 valence electrons. The fourth-order valence-corrected chi connectivity index (χ4v) is 3.71. The molecule has 1 atom stereocenters. The number of carbonyl (C=O) groups is 1. The third kappa shape index (κ3) is 2.70. The maximum absolute atomic E-state index is 13.9. The summed E-state index contributed by atoms with van der Waals surface area (Å²) in [4.78, 5) is 16.0. The van der Waals surface area contributed by atoms with Gasteiger partial charge in [0.2, 0.25) is 0 Å². The number of carbonyl (C=O) groups excluding carboxylic acids is 1. The lowest BCUT2D eigenvalue weighted by molar-refractivity contribution is 0.140. The zero-order valence-electron chi connectivity index (χ0n) is 14.8. The smallest absolute Gasteiger partial charge is 0.322 e. The highest BCUT2D eigenvalue weighted by Gasteiger charge is 2.36. The lowest BCUT2D eigenvalue weighted by Gasteiger charge is -2.32. The van der Waals surface area contributed by atoms with E-state index in [1.54, 1.807) is 11.1 Å². The quantitative estimate of drug-likeness (QED) is 0.851. The van der Waals surface area contributed by atoms with E-state index in [0.29, 0.717) is 25.6 Å². The van der Waals surface area contributed by atoms with Gasteiger partial charge in [-0.2, -0.15) is 5.10 Å². The SMILES string of the molecule is O=C1N(Cc2cc(F)ccc2F)CCN1C1C=CC2=C(N1)OCc1[nH]ncc12. The Kier molecular flexibility index (Phi) is 3.81. The number of halogens is 2. The molecule has 1 saturated heterocycles. The van der Waals surface area contributed by atoms with E-state index in [0.717, 1.165) is 35.0 Å². The van der Waals surface area contributed by atoms with Gasteiger partial charge in [-0.25, -0.2) is 13.6 Å². The number of benzene rings is 1. The first-order chi connectivity index (χ1) is 13.6. The van der Waals surface area contributed by atoms with Crippen molar-refractivity contribution in [2.75, 3.05) is 13.1 Å². The zero-order chi connectivity index (χ0) is 19.3. The van der Waals surface area contributed by atoms with Gasteiger partial charge in [0.05, 0.1) is 18.4 Å². The second-order valence-electron chi connectivity index (χ2n) is 6.88. The van der Waals surface area contributed by atoms with E-state index in [1.165, 1.54) is 4.90 Å². The Morgan fingerprint density at radius 2 is 2.18 bits per heavy atom. The molecule has 1 unspecified atom stereocenters. The maximum atomic E-state index is 13.9. The summed E-state index contributed by atoms with van der Waals surface area (Å²) < 4.78 is 33.1. The molecule has 3 aliphatic heterocycles. The summed E-state index contributed by atoms with van der Waals surface area (Å²) in [5.41, 5.74) is 2.93. The van der Waals surface area contributed by atoms with Gasteiger partial charge in [-0.1, -0.05) is 0 Å².